The van der Waals surface area contributed by atoms with Crippen molar-refractivity contribution in [2.45, 2.75) is 13.5 Å². The Morgan fingerprint density at radius 3 is 2.46 bits per heavy atom. The first-order valence-electron chi connectivity index (χ1n) is 9.06. The summed E-state index contributed by atoms with van der Waals surface area (Å²) in [4.78, 5) is 16.7. The number of ether oxygens (including phenoxy) is 2. The molecule has 0 unspecified atom stereocenters. The number of anilines is 2. The number of hydrogen-bond acceptors (Lipinski definition) is 5. The number of nitrogens with zero attached hydrogens (tertiary/aromatic N) is 1. The first-order valence-corrected chi connectivity index (χ1v) is 9.06. The van der Waals surface area contributed by atoms with Gasteiger partial charge in [0.25, 0.3) is 5.91 Å². The lowest BCUT2D eigenvalue weighted by Crippen LogP contribution is -2.23. The number of benzene rings is 2. The highest BCUT2D eigenvalue weighted by molar-refractivity contribution is 5.94. The molecule has 6 nitrogen and oxygen atoms in total. The minimum Gasteiger partial charge on any atom is -0.496 e. The van der Waals surface area contributed by atoms with E-state index in [4.69, 9.17) is 9.47 Å². The summed E-state index contributed by atoms with van der Waals surface area (Å²) in [6, 6.07) is 18.7. The van der Waals surface area contributed by atoms with Gasteiger partial charge >= 0.3 is 0 Å². The summed E-state index contributed by atoms with van der Waals surface area (Å²) in [5.41, 5.74) is 2.22. The van der Waals surface area contributed by atoms with Crippen molar-refractivity contribution in [2.24, 2.45) is 0 Å². The molecule has 3 aromatic rings. The minimum atomic E-state index is -0.195. The third kappa shape index (κ3) is 4.79. The molecule has 1 aromatic heterocycles. The van der Waals surface area contributed by atoms with E-state index in [1.165, 1.54) is 0 Å². The van der Waals surface area contributed by atoms with Gasteiger partial charge in [-0.3, -0.25) is 4.79 Å². The van der Waals surface area contributed by atoms with Crippen LogP contribution >= 0.6 is 0 Å². The van der Waals surface area contributed by atoms with Crippen molar-refractivity contribution >= 4 is 17.4 Å². The van der Waals surface area contributed by atoms with Crippen molar-refractivity contribution in [3.05, 3.63) is 78.0 Å². The first kappa shape index (κ1) is 19.2. The zero-order valence-corrected chi connectivity index (χ0v) is 15.9. The highest BCUT2D eigenvalue weighted by Gasteiger charge is 2.09. The van der Waals surface area contributed by atoms with E-state index in [2.05, 4.69) is 15.6 Å². The Balaban J connectivity index is 1.63. The lowest BCUT2D eigenvalue weighted by Gasteiger charge is -2.12. The molecule has 0 fully saturated rings. The Bertz CT molecular complexity index is 926. The van der Waals surface area contributed by atoms with E-state index in [0.29, 0.717) is 24.5 Å². The summed E-state index contributed by atoms with van der Waals surface area (Å²) >= 11 is 0. The number of aromatic nitrogens is 1. The van der Waals surface area contributed by atoms with Gasteiger partial charge in [-0.15, -0.1) is 0 Å². The average Bonchev–Trinajstić information content (AvgIpc) is 2.74. The molecular weight excluding hydrogens is 354 g/mol. The highest BCUT2D eigenvalue weighted by atomic mass is 16.5. The van der Waals surface area contributed by atoms with Crippen LogP contribution < -0.4 is 20.1 Å². The van der Waals surface area contributed by atoms with Crippen molar-refractivity contribution in [1.29, 1.82) is 0 Å². The summed E-state index contributed by atoms with van der Waals surface area (Å²) < 4.78 is 10.9. The Morgan fingerprint density at radius 1 is 1.00 bits per heavy atom. The van der Waals surface area contributed by atoms with Crippen LogP contribution in [0.2, 0.25) is 0 Å². The normalized spacial score (nSPS) is 10.2. The van der Waals surface area contributed by atoms with Gasteiger partial charge in [0.05, 0.1) is 25.0 Å². The molecule has 3 rings (SSSR count). The SMILES string of the molecule is CCOc1ccccc1Nc1ccc(C(=O)NCc2ccccc2OC)cn1. The lowest BCUT2D eigenvalue weighted by atomic mass is 10.2. The molecule has 2 aromatic carbocycles. The van der Waals surface area contributed by atoms with Gasteiger partial charge in [-0.05, 0) is 37.3 Å². The van der Waals surface area contributed by atoms with Crippen molar-refractivity contribution < 1.29 is 14.3 Å². The number of pyridine rings is 1. The predicted molar refractivity (Wildman–Crippen MR) is 109 cm³/mol. The van der Waals surface area contributed by atoms with Crippen LogP contribution in [0.5, 0.6) is 11.5 Å². The topological polar surface area (TPSA) is 72.5 Å². The second kappa shape index (κ2) is 9.41. The molecule has 0 spiro atoms. The van der Waals surface area contributed by atoms with Gasteiger partial charge in [0.2, 0.25) is 0 Å². The molecule has 28 heavy (non-hydrogen) atoms. The summed E-state index contributed by atoms with van der Waals surface area (Å²) in [5, 5.41) is 6.10. The third-order valence-electron chi connectivity index (χ3n) is 4.11. The number of para-hydroxylation sites is 3. The van der Waals surface area contributed by atoms with Crippen molar-refractivity contribution in [3.63, 3.8) is 0 Å². The van der Waals surface area contributed by atoms with E-state index in [-0.39, 0.29) is 5.91 Å². The highest BCUT2D eigenvalue weighted by Crippen LogP contribution is 2.26. The van der Waals surface area contributed by atoms with Crippen LogP contribution in [0.3, 0.4) is 0 Å². The maximum absolute atomic E-state index is 12.4. The van der Waals surface area contributed by atoms with Crippen LogP contribution in [-0.4, -0.2) is 24.6 Å². The van der Waals surface area contributed by atoms with Gasteiger partial charge in [-0.2, -0.15) is 0 Å². The molecule has 0 radical (unpaired) electrons. The summed E-state index contributed by atoms with van der Waals surface area (Å²) in [6.07, 6.45) is 1.54. The van der Waals surface area contributed by atoms with Gasteiger partial charge in [0.15, 0.2) is 0 Å². The van der Waals surface area contributed by atoms with Crippen LogP contribution in [0, 0.1) is 0 Å². The smallest absolute Gasteiger partial charge is 0.253 e. The molecule has 0 bridgehead atoms. The van der Waals surface area contributed by atoms with Gasteiger partial charge in [0.1, 0.15) is 17.3 Å². The zero-order chi connectivity index (χ0) is 19.8. The number of hydrogen-bond donors (Lipinski definition) is 2. The largest absolute Gasteiger partial charge is 0.496 e. The monoisotopic (exact) mass is 377 g/mol. The van der Waals surface area contributed by atoms with E-state index in [0.717, 1.165) is 22.7 Å². The molecule has 0 saturated heterocycles. The van der Waals surface area contributed by atoms with Crippen LogP contribution in [0.1, 0.15) is 22.8 Å². The van der Waals surface area contributed by atoms with Gasteiger partial charge in [-0.25, -0.2) is 4.98 Å². The van der Waals surface area contributed by atoms with E-state index in [9.17, 15) is 4.79 Å². The molecule has 6 heteroatoms. The number of amides is 1. The number of carbonyl (C=O) groups excluding carboxylic acids is 1. The quantitative estimate of drug-likeness (QED) is 0.617. The molecule has 0 aliphatic carbocycles. The predicted octanol–water partition coefficient (Wildman–Crippen LogP) is 4.16. The molecule has 2 N–H and O–H groups in total. The van der Waals surface area contributed by atoms with Gasteiger partial charge in [-0.1, -0.05) is 30.3 Å². The van der Waals surface area contributed by atoms with E-state index in [1.54, 1.807) is 25.4 Å². The summed E-state index contributed by atoms with van der Waals surface area (Å²) in [6.45, 7) is 2.90. The number of nitrogens with one attached hydrogen (secondary N) is 2. The molecule has 1 heterocycles. The van der Waals surface area contributed by atoms with Crippen molar-refractivity contribution in [1.82, 2.24) is 10.3 Å². The molecule has 144 valence electrons. The van der Waals surface area contributed by atoms with E-state index < -0.39 is 0 Å². The van der Waals surface area contributed by atoms with Crippen LogP contribution in [-0.2, 0) is 6.54 Å². The summed E-state index contributed by atoms with van der Waals surface area (Å²) in [5.74, 6) is 1.94. The Hall–Kier alpha value is -3.54. The lowest BCUT2D eigenvalue weighted by molar-refractivity contribution is 0.0950. The number of rotatable bonds is 8. The molecule has 0 aliphatic heterocycles. The summed E-state index contributed by atoms with van der Waals surface area (Å²) in [7, 11) is 1.61. The maximum atomic E-state index is 12.4. The third-order valence-corrected chi connectivity index (χ3v) is 4.11. The molecular formula is C22H23N3O3. The second-order valence-corrected chi connectivity index (χ2v) is 5.98. The Labute approximate surface area is 164 Å². The van der Waals surface area contributed by atoms with E-state index >= 15 is 0 Å². The molecule has 0 saturated carbocycles. The minimum absolute atomic E-state index is 0.195. The van der Waals surface area contributed by atoms with E-state index in [1.807, 2.05) is 55.5 Å². The van der Waals surface area contributed by atoms with Gasteiger partial charge in [0, 0.05) is 18.3 Å². The molecule has 0 aliphatic rings. The van der Waals surface area contributed by atoms with Gasteiger partial charge < -0.3 is 20.1 Å². The average molecular weight is 377 g/mol. The Morgan fingerprint density at radius 2 is 1.75 bits per heavy atom. The van der Waals surface area contributed by atoms with Crippen molar-refractivity contribution in [2.75, 3.05) is 19.0 Å². The fourth-order valence-corrected chi connectivity index (χ4v) is 2.72. The van der Waals surface area contributed by atoms with Crippen LogP contribution in [0.4, 0.5) is 11.5 Å². The second-order valence-electron chi connectivity index (χ2n) is 5.98. The fourth-order valence-electron chi connectivity index (χ4n) is 2.72. The standard InChI is InChI=1S/C22H23N3O3/c1-3-28-20-11-7-5-9-18(20)25-21-13-12-17(15-23-21)22(26)24-14-16-8-4-6-10-19(16)27-2/h4-13,15H,3,14H2,1-2H3,(H,23,25)(H,24,26). The van der Waals surface area contributed by atoms with Crippen LogP contribution in [0.15, 0.2) is 66.9 Å². The van der Waals surface area contributed by atoms with Crippen LogP contribution in [0.25, 0.3) is 0 Å². The Kier molecular flexibility index (Phi) is 6.46. The number of carbonyl (C=O) groups is 1. The molecule has 1 amide bonds. The first-order chi connectivity index (χ1) is 13.7. The fraction of sp³-hybridized carbons (Fsp3) is 0.182. The maximum Gasteiger partial charge on any atom is 0.253 e. The zero-order valence-electron chi connectivity index (χ0n) is 15.9. The molecule has 0 atom stereocenters. The van der Waals surface area contributed by atoms with Crippen molar-refractivity contribution in [3.8, 4) is 11.5 Å². The number of methoxy groups -OCH3 is 1.